The minimum absolute atomic E-state index is 0.351. The van der Waals surface area contributed by atoms with Gasteiger partial charge in [0.2, 0.25) is 5.92 Å². The van der Waals surface area contributed by atoms with Gasteiger partial charge in [0.15, 0.2) is 0 Å². The molecule has 88 valence electrons. The fourth-order valence-corrected chi connectivity index (χ4v) is 1.07. The summed E-state index contributed by atoms with van der Waals surface area (Å²) in [5.74, 6) is -3.96. The normalized spacial score (nSPS) is 25.2. The van der Waals surface area contributed by atoms with Crippen molar-refractivity contribution in [2.24, 2.45) is 0 Å². The van der Waals surface area contributed by atoms with Crippen molar-refractivity contribution in [3.05, 3.63) is 0 Å². The van der Waals surface area contributed by atoms with Crippen LogP contribution in [0.3, 0.4) is 0 Å². The summed E-state index contributed by atoms with van der Waals surface area (Å²) in [6.07, 6.45) is -0.351. The van der Waals surface area contributed by atoms with Crippen LogP contribution in [0.5, 0.6) is 0 Å². The predicted molar refractivity (Wildman–Crippen MR) is 52.7 cm³/mol. The maximum Gasteiger partial charge on any atom is 0.464 e. The molecule has 1 fully saturated rings. The van der Waals surface area contributed by atoms with Crippen molar-refractivity contribution in [1.82, 2.24) is 0 Å². The van der Waals surface area contributed by atoms with Gasteiger partial charge >= 0.3 is 7.12 Å². The molecule has 1 aliphatic carbocycles. The molecule has 0 bridgehead atoms. The first-order valence-corrected chi connectivity index (χ1v) is 4.93. The second-order valence-corrected chi connectivity index (χ2v) is 5.15. The SMILES string of the molecule is CC(C)(O)C(C)(C)OB(O)C1CC1(F)F. The summed E-state index contributed by atoms with van der Waals surface area (Å²) in [5.41, 5.74) is -2.29. The number of halogens is 2. The molecule has 3 nitrogen and oxygen atoms in total. The first-order valence-electron chi connectivity index (χ1n) is 4.93. The third kappa shape index (κ3) is 2.68. The van der Waals surface area contributed by atoms with Crippen molar-refractivity contribution in [3.8, 4) is 0 Å². The Balaban J connectivity index is 2.56. The van der Waals surface area contributed by atoms with Crippen LogP contribution in [0.15, 0.2) is 0 Å². The van der Waals surface area contributed by atoms with E-state index in [1.165, 1.54) is 13.8 Å². The Kier molecular flexibility index (Phi) is 2.92. The van der Waals surface area contributed by atoms with E-state index in [9.17, 15) is 18.9 Å². The molecule has 0 spiro atoms. The highest BCUT2D eigenvalue weighted by Crippen LogP contribution is 2.56. The minimum atomic E-state index is -2.82. The molecule has 0 aromatic carbocycles. The lowest BCUT2D eigenvalue weighted by molar-refractivity contribution is -0.101. The molecule has 2 N–H and O–H groups in total. The fraction of sp³-hybridized carbons (Fsp3) is 1.00. The predicted octanol–water partition coefficient (Wildman–Crippen LogP) is 1.44. The van der Waals surface area contributed by atoms with E-state index in [-0.39, 0.29) is 6.42 Å². The van der Waals surface area contributed by atoms with Crippen LogP contribution in [-0.2, 0) is 4.65 Å². The molecular formula is C9H17BF2O3. The Morgan fingerprint density at radius 3 is 2.00 bits per heavy atom. The molecule has 1 aliphatic rings. The first-order chi connectivity index (χ1) is 6.47. The number of hydrogen-bond acceptors (Lipinski definition) is 3. The van der Waals surface area contributed by atoms with Crippen molar-refractivity contribution in [1.29, 1.82) is 0 Å². The maximum atomic E-state index is 12.6. The third-order valence-electron chi connectivity index (χ3n) is 3.11. The zero-order chi connectivity index (χ0) is 12.1. The van der Waals surface area contributed by atoms with Crippen molar-refractivity contribution in [3.63, 3.8) is 0 Å². The van der Waals surface area contributed by atoms with E-state index in [4.69, 9.17) is 4.65 Å². The maximum absolute atomic E-state index is 12.6. The van der Waals surface area contributed by atoms with Gasteiger partial charge in [-0.15, -0.1) is 0 Å². The van der Waals surface area contributed by atoms with Gasteiger partial charge in [0, 0.05) is 6.42 Å². The summed E-state index contributed by atoms with van der Waals surface area (Å²) >= 11 is 0. The van der Waals surface area contributed by atoms with Crippen molar-refractivity contribution in [2.75, 3.05) is 0 Å². The van der Waals surface area contributed by atoms with E-state index in [0.29, 0.717) is 0 Å². The van der Waals surface area contributed by atoms with E-state index >= 15 is 0 Å². The average molecular weight is 222 g/mol. The van der Waals surface area contributed by atoms with Crippen LogP contribution in [0.25, 0.3) is 0 Å². The summed E-state index contributed by atoms with van der Waals surface area (Å²) in [6, 6.07) is 0. The second kappa shape index (κ2) is 3.40. The molecular weight excluding hydrogens is 205 g/mol. The summed E-state index contributed by atoms with van der Waals surface area (Å²) in [4.78, 5) is 0. The van der Waals surface area contributed by atoms with Crippen LogP contribution in [0, 0.1) is 0 Å². The highest BCUT2D eigenvalue weighted by atomic mass is 19.3. The second-order valence-electron chi connectivity index (χ2n) is 5.15. The van der Waals surface area contributed by atoms with Gasteiger partial charge in [-0.05, 0) is 27.7 Å². The van der Waals surface area contributed by atoms with Crippen molar-refractivity contribution >= 4 is 7.12 Å². The topological polar surface area (TPSA) is 49.7 Å². The van der Waals surface area contributed by atoms with E-state index in [0.717, 1.165) is 0 Å². The van der Waals surface area contributed by atoms with Crippen LogP contribution in [0.1, 0.15) is 34.1 Å². The van der Waals surface area contributed by atoms with Gasteiger partial charge in [-0.3, -0.25) is 0 Å². The molecule has 1 atom stereocenters. The van der Waals surface area contributed by atoms with Gasteiger partial charge in [0.1, 0.15) is 0 Å². The zero-order valence-electron chi connectivity index (χ0n) is 9.42. The van der Waals surface area contributed by atoms with E-state index < -0.39 is 30.1 Å². The molecule has 0 aromatic heterocycles. The molecule has 0 aliphatic heterocycles. The number of alkyl halides is 2. The van der Waals surface area contributed by atoms with E-state index in [1.54, 1.807) is 13.8 Å². The fourth-order valence-electron chi connectivity index (χ4n) is 1.07. The third-order valence-corrected chi connectivity index (χ3v) is 3.11. The molecule has 0 aromatic rings. The van der Waals surface area contributed by atoms with Gasteiger partial charge in [0.05, 0.1) is 17.0 Å². The Bertz CT molecular complexity index is 250. The largest absolute Gasteiger partial charge is 0.464 e. The van der Waals surface area contributed by atoms with E-state index in [1.807, 2.05) is 0 Å². The van der Waals surface area contributed by atoms with Gasteiger partial charge in [-0.2, -0.15) is 0 Å². The molecule has 1 saturated carbocycles. The van der Waals surface area contributed by atoms with Crippen LogP contribution >= 0.6 is 0 Å². The first kappa shape index (κ1) is 12.9. The molecule has 1 unspecified atom stereocenters. The highest BCUT2D eigenvalue weighted by molar-refractivity contribution is 6.46. The quantitative estimate of drug-likeness (QED) is 0.707. The van der Waals surface area contributed by atoms with Gasteiger partial charge in [0.25, 0.3) is 0 Å². The summed E-state index contributed by atoms with van der Waals surface area (Å²) < 4.78 is 30.3. The highest BCUT2D eigenvalue weighted by Gasteiger charge is 2.64. The van der Waals surface area contributed by atoms with Crippen molar-refractivity contribution in [2.45, 2.75) is 57.1 Å². The van der Waals surface area contributed by atoms with Crippen LogP contribution < -0.4 is 0 Å². The molecule has 0 heterocycles. The van der Waals surface area contributed by atoms with Gasteiger partial charge in [-0.25, -0.2) is 8.78 Å². The van der Waals surface area contributed by atoms with Crippen molar-refractivity contribution < 1.29 is 23.6 Å². The molecule has 6 heteroatoms. The Hall–Kier alpha value is -0.195. The van der Waals surface area contributed by atoms with Gasteiger partial charge in [-0.1, -0.05) is 0 Å². The molecule has 0 saturated heterocycles. The lowest BCUT2D eigenvalue weighted by Crippen LogP contribution is -2.50. The Morgan fingerprint density at radius 2 is 1.73 bits per heavy atom. The molecule has 1 rings (SSSR count). The molecule has 0 amide bonds. The standard InChI is InChI=1S/C9H17BF2O3/c1-7(2,13)8(3,4)15-10(14)6-5-9(6,11)12/h6,13-14H,5H2,1-4H3. The summed E-state index contributed by atoms with van der Waals surface area (Å²) in [5, 5.41) is 19.1. The number of rotatable bonds is 4. The van der Waals surface area contributed by atoms with Gasteiger partial charge < -0.3 is 14.8 Å². The van der Waals surface area contributed by atoms with E-state index in [2.05, 4.69) is 0 Å². The lowest BCUT2D eigenvalue weighted by Gasteiger charge is -2.38. The minimum Gasteiger partial charge on any atom is -0.427 e. The number of hydrogen-bond donors (Lipinski definition) is 2. The number of aliphatic hydroxyl groups is 1. The zero-order valence-corrected chi connectivity index (χ0v) is 9.42. The van der Waals surface area contributed by atoms with Crippen LogP contribution in [-0.4, -0.2) is 34.4 Å². The molecule has 0 radical (unpaired) electrons. The Labute approximate surface area is 88.6 Å². The Morgan fingerprint density at radius 1 is 1.33 bits per heavy atom. The smallest absolute Gasteiger partial charge is 0.427 e. The summed E-state index contributed by atoms with van der Waals surface area (Å²) in [7, 11) is -1.53. The van der Waals surface area contributed by atoms with Crippen LogP contribution in [0.2, 0.25) is 5.82 Å². The molecule has 15 heavy (non-hydrogen) atoms. The summed E-state index contributed by atoms with van der Waals surface area (Å²) in [6.45, 7) is 6.11. The lowest BCUT2D eigenvalue weighted by atomic mass is 9.78. The van der Waals surface area contributed by atoms with Crippen LogP contribution in [0.4, 0.5) is 8.78 Å². The monoisotopic (exact) mass is 222 g/mol. The average Bonchev–Trinajstić information content (AvgIpc) is 2.56.